The molecule has 0 spiro atoms. The number of aliphatic hydroxyl groups is 1. The Kier molecular flexibility index (Phi) is 12.6. The van der Waals surface area contributed by atoms with E-state index in [0.29, 0.717) is 53.0 Å². The zero-order valence-electron chi connectivity index (χ0n) is 25.3. The molecule has 0 aliphatic carbocycles. The number of ether oxygens (including phenoxy) is 6. The summed E-state index contributed by atoms with van der Waals surface area (Å²) in [6, 6.07) is 8.76. The summed E-state index contributed by atoms with van der Waals surface area (Å²) >= 11 is 0. The van der Waals surface area contributed by atoms with Crippen molar-refractivity contribution in [3.63, 3.8) is 0 Å². The largest absolute Gasteiger partial charge is 0.490 e. The van der Waals surface area contributed by atoms with E-state index < -0.39 is 30.2 Å². The Bertz CT molecular complexity index is 1380. The van der Waals surface area contributed by atoms with Crippen LogP contribution in [0.2, 0.25) is 0 Å². The van der Waals surface area contributed by atoms with E-state index in [-0.39, 0.29) is 25.4 Å². The summed E-state index contributed by atoms with van der Waals surface area (Å²) in [6.45, 7) is 7.48. The zero-order valence-corrected chi connectivity index (χ0v) is 25.3. The van der Waals surface area contributed by atoms with E-state index in [2.05, 4.69) is 21.2 Å². The Morgan fingerprint density at radius 2 is 1.66 bits per heavy atom. The highest BCUT2D eigenvalue weighted by atomic mass is 16.6. The topological polar surface area (TPSA) is 175 Å². The lowest BCUT2D eigenvalue weighted by Gasteiger charge is -2.28. The van der Waals surface area contributed by atoms with Crippen LogP contribution in [0.3, 0.4) is 0 Å². The van der Waals surface area contributed by atoms with Gasteiger partial charge in [0, 0.05) is 5.70 Å². The van der Waals surface area contributed by atoms with Crippen molar-refractivity contribution in [2.75, 3.05) is 40.1 Å². The Morgan fingerprint density at radius 3 is 2.34 bits per heavy atom. The summed E-state index contributed by atoms with van der Waals surface area (Å²) < 4.78 is 32.4. The number of urea groups is 1. The molecule has 2 aromatic carbocycles. The van der Waals surface area contributed by atoms with E-state index >= 15 is 0 Å². The first kappa shape index (κ1) is 33.5. The van der Waals surface area contributed by atoms with Crippen molar-refractivity contribution in [2.24, 2.45) is 5.10 Å². The Balaban J connectivity index is 1.64. The number of nitrogens with one attached hydrogen (secondary N) is 3. The van der Waals surface area contributed by atoms with Crippen LogP contribution in [0.1, 0.15) is 44.9 Å². The van der Waals surface area contributed by atoms with Crippen molar-refractivity contribution in [3.05, 3.63) is 58.8 Å². The molecule has 0 bridgehead atoms. The number of nitrogens with zero attached hydrogens (tertiary/aromatic N) is 1. The number of esters is 2. The smallest absolute Gasteiger partial charge is 0.344 e. The first-order chi connectivity index (χ1) is 21.2. The second-order valence-electron chi connectivity index (χ2n) is 9.15. The van der Waals surface area contributed by atoms with Crippen molar-refractivity contribution < 1.29 is 47.9 Å². The first-order valence-corrected chi connectivity index (χ1v) is 14.0. The van der Waals surface area contributed by atoms with Crippen LogP contribution in [-0.4, -0.2) is 75.7 Å². The van der Waals surface area contributed by atoms with Crippen molar-refractivity contribution in [1.29, 1.82) is 0 Å². The lowest BCUT2D eigenvalue weighted by Crippen LogP contribution is -2.45. The van der Waals surface area contributed by atoms with Gasteiger partial charge >= 0.3 is 18.0 Å². The number of rotatable bonds is 16. The van der Waals surface area contributed by atoms with Gasteiger partial charge in [0.25, 0.3) is 0 Å². The molecular formula is C30H38N4O10. The van der Waals surface area contributed by atoms with E-state index in [1.807, 2.05) is 6.92 Å². The molecule has 238 valence electrons. The van der Waals surface area contributed by atoms with Crippen LogP contribution in [0.5, 0.6) is 23.0 Å². The van der Waals surface area contributed by atoms with Crippen molar-refractivity contribution >= 4 is 24.2 Å². The molecule has 0 radical (unpaired) electrons. The number of amides is 2. The fourth-order valence-electron chi connectivity index (χ4n) is 4.15. The minimum absolute atomic E-state index is 0.182. The third kappa shape index (κ3) is 9.26. The molecule has 0 saturated carbocycles. The van der Waals surface area contributed by atoms with E-state index in [1.54, 1.807) is 57.2 Å². The molecule has 44 heavy (non-hydrogen) atoms. The SMILES string of the molecule is CCOC(=O)COc1ccc(/C=N\N[C@@H](O)COc2ccc([C@@H]3NC(=O)NC(C)=C3C(=O)OC)cc2OCC)cc1OCC. The molecule has 2 aromatic rings. The molecule has 0 fully saturated rings. The third-order valence-electron chi connectivity index (χ3n) is 6.03. The monoisotopic (exact) mass is 614 g/mol. The van der Waals surface area contributed by atoms with Crippen LogP contribution in [-0.2, 0) is 19.1 Å². The first-order valence-electron chi connectivity index (χ1n) is 14.0. The number of hydrazone groups is 1. The minimum Gasteiger partial charge on any atom is -0.490 e. The van der Waals surface area contributed by atoms with E-state index in [1.165, 1.54) is 13.3 Å². The summed E-state index contributed by atoms with van der Waals surface area (Å²) in [5.74, 6) is 0.417. The average molecular weight is 615 g/mol. The van der Waals surface area contributed by atoms with Gasteiger partial charge in [-0.2, -0.15) is 5.10 Å². The molecule has 0 saturated heterocycles. The van der Waals surface area contributed by atoms with Gasteiger partial charge in [-0.25, -0.2) is 14.4 Å². The number of aliphatic hydroxyl groups excluding tert-OH is 1. The van der Waals surface area contributed by atoms with Gasteiger partial charge in [0.2, 0.25) is 0 Å². The van der Waals surface area contributed by atoms with E-state index in [0.717, 1.165) is 0 Å². The Labute approximate surface area is 255 Å². The van der Waals surface area contributed by atoms with Gasteiger partial charge in [-0.05, 0) is 69.2 Å². The summed E-state index contributed by atoms with van der Waals surface area (Å²) in [5, 5.41) is 19.8. The number of carbonyl (C=O) groups is 3. The highest BCUT2D eigenvalue weighted by Crippen LogP contribution is 2.35. The molecular weight excluding hydrogens is 576 g/mol. The molecule has 2 amide bonds. The molecule has 0 unspecified atom stereocenters. The number of carbonyl (C=O) groups excluding carboxylic acids is 3. The second kappa shape index (κ2) is 16.6. The molecule has 1 aliphatic heterocycles. The predicted octanol–water partition coefficient (Wildman–Crippen LogP) is 2.55. The molecule has 3 rings (SSSR count). The summed E-state index contributed by atoms with van der Waals surface area (Å²) in [5.41, 5.74) is 4.44. The number of methoxy groups -OCH3 is 1. The Hall–Kier alpha value is -4.98. The maximum absolute atomic E-state index is 12.4. The number of hydrogen-bond acceptors (Lipinski definition) is 12. The van der Waals surface area contributed by atoms with Gasteiger partial charge in [0.05, 0.1) is 44.8 Å². The molecule has 0 aromatic heterocycles. The lowest BCUT2D eigenvalue weighted by atomic mass is 9.95. The average Bonchev–Trinajstić information content (AvgIpc) is 2.99. The van der Waals surface area contributed by atoms with Gasteiger partial charge in [-0.3, -0.25) is 5.43 Å². The van der Waals surface area contributed by atoms with Crippen LogP contribution in [0, 0.1) is 0 Å². The number of allylic oxidation sites excluding steroid dienone is 1. The number of hydrogen-bond donors (Lipinski definition) is 4. The quantitative estimate of drug-likeness (QED) is 0.0946. The van der Waals surface area contributed by atoms with Crippen molar-refractivity contribution in [3.8, 4) is 23.0 Å². The Morgan fingerprint density at radius 1 is 0.977 bits per heavy atom. The predicted molar refractivity (Wildman–Crippen MR) is 159 cm³/mol. The fourth-order valence-corrected chi connectivity index (χ4v) is 4.15. The van der Waals surface area contributed by atoms with Gasteiger partial charge in [-0.15, -0.1) is 0 Å². The fraction of sp³-hybridized carbons (Fsp3) is 0.400. The highest BCUT2D eigenvalue weighted by Gasteiger charge is 2.32. The maximum Gasteiger partial charge on any atom is 0.344 e. The van der Waals surface area contributed by atoms with Crippen LogP contribution >= 0.6 is 0 Å². The number of benzene rings is 2. The third-order valence-corrected chi connectivity index (χ3v) is 6.03. The van der Waals surface area contributed by atoms with Crippen LogP contribution in [0.4, 0.5) is 4.79 Å². The molecule has 1 heterocycles. The molecule has 14 heteroatoms. The molecule has 1 aliphatic rings. The van der Waals surface area contributed by atoms with Crippen LogP contribution < -0.4 is 35.0 Å². The highest BCUT2D eigenvalue weighted by molar-refractivity contribution is 5.95. The molecule has 14 nitrogen and oxygen atoms in total. The lowest BCUT2D eigenvalue weighted by molar-refractivity contribution is -0.145. The zero-order chi connectivity index (χ0) is 32.1. The van der Waals surface area contributed by atoms with Gasteiger partial charge in [0.15, 0.2) is 35.8 Å². The van der Waals surface area contributed by atoms with Gasteiger partial charge in [0.1, 0.15) is 6.61 Å². The standard InChI is InChI=1S/C30H38N4O10/c1-6-40-23-13-19(9-11-21(23)44-17-26(36)42-8-3)15-31-34-25(35)16-43-22-12-10-20(14-24(22)41-7-2)28-27(29(37)39-5)18(4)32-30(38)33-28/h9-15,25,28,34-35H,6-8,16-17H2,1-5H3,(H2,32,33,38)/b31-15-/t25-,28-/m0/s1. The van der Waals surface area contributed by atoms with Gasteiger partial charge in [-0.1, -0.05) is 6.07 Å². The van der Waals surface area contributed by atoms with Crippen molar-refractivity contribution in [2.45, 2.75) is 40.0 Å². The van der Waals surface area contributed by atoms with Crippen molar-refractivity contribution in [1.82, 2.24) is 16.1 Å². The van der Waals surface area contributed by atoms with Crippen LogP contribution in [0.15, 0.2) is 52.8 Å². The van der Waals surface area contributed by atoms with E-state index in [4.69, 9.17) is 28.4 Å². The van der Waals surface area contributed by atoms with Gasteiger partial charge < -0.3 is 44.2 Å². The molecule has 2 atom stereocenters. The maximum atomic E-state index is 12.4. The summed E-state index contributed by atoms with van der Waals surface area (Å²) in [7, 11) is 1.27. The molecule has 4 N–H and O–H groups in total. The summed E-state index contributed by atoms with van der Waals surface area (Å²) in [6.07, 6.45) is 0.294. The summed E-state index contributed by atoms with van der Waals surface area (Å²) in [4.78, 5) is 36.2. The van der Waals surface area contributed by atoms with E-state index in [9.17, 15) is 19.5 Å². The normalized spacial score (nSPS) is 15.1. The minimum atomic E-state index is -1.18. The second-order valence-corrected chi connectivity index (χ2v) is 9.15. The van der Waals surface area contributed by atoms with Crippen LogP contribution in [0.25, 0.3) is 0 Å².